The molecule has 3 aromatic rings. The van der Waals surface area contributed by atoms with Gasteiger partial charge in [-0.1, -0.05) is 29.8 Å². The maximum atomic E-state index is 13.1. The second-order valence-electron chi connectivity index (χ2n) is 7.88. The van der Waals surface area contributed by atoms with Crippen LogP contribution >= 0.6 is 0 Å². The monoisotopic (exact) mass is 431 g/mol. The third-order valence-electron chi connectivity index (χ3n) is 5.75. The molecule has 0 aliphatic heterocycles. The molecule has 0 atom stereocenters. The summed E-state index contributed by atoms with van der Waals surface area (Å²) in [7, 11) is 3.22. The lowest BCUT2D eigenvalue weighted by molar-refractivity contribution is 0.0955. The molecule has 0 bridgehead atoms. The minimum atomic E-state index is -0.0928. The van der Waals surface area contributed by atoms with Crippen molar-refractivity contribution >= 4 is 28.3 Å². The number of pyridine rings is 1. The van der Waals surface area contributed by atoms with Crippen molar-refractivity contribution < 1.29 is 14.3 Å². The molecular formula is C26H29N3O3. The van der Waals surface area contributed by atoms with Crippen LogP contribution in [-0.4, -0.2) is 31.7 Å². The van der Waals surface area contributed by atoms with E-state index in [1.165, 1.54) is 18.4 Å². The second-order valence-corrected chi connectivity index (χ2v) is 7.88. The molecule has 1 amide bonds. The number of benzene rings is 2. The molecular weight excluding hydrogens is 402 g/mol. The standard InChI is InChI=1S/C26H29N3O3/c1-31-19-12-13-23(24(16-19)32-2)29-25-17-21(20-10-6-7-11-22(20)28-25)26(30)27-15-14-18-8-4-3-5-9-18/h6-8,10-13,16-17H,3-5,9,14-15H2,1-2H3,(H,27,30)(H,28,29). The summed E-state index contributed by atoms with van der Waals surface area (Å²) in [5.74, 6) is 1.81. The Kier molecular flexibility index (Phi) is 6.90. The van der Waals surface area contributed by atoms with Crippen LogP contribution in [0.4, 0.5) is 11.5 Å². The molecule has 1 aliphatic rings. The number of hydrogen-bond donors (Lipinski definition) is 2. The minimum absolute atomic E-state index is 0.0928. The summed E-state index contributed by atoms with van der Waals surface area (Å²) >= 11 is 0. The number of aromatic nitrogens is 1. The van der Waals surface area contributed by atoms with E-state index in [1.807, 2.05) is 36.4 Å². The predicted octanol–water partition coefficient (Wildman–Crippen LogP) is 5.62. The van der Waals surface area contributed by atoms with Crippen molar-refractivity contribution in [1.29, 1.82) is 0 Å². The number of anilines is 2. The molecule has 32 heavy (non-hydrogen) atoms. The highest BCUT2D eigenvalue weighted by molar-refractivity contribution is 6.07. The zero-order valence-corrected chi connectivity index (χ0v) is 18.6. The van der Waals surface area contributed by atoms with Gasteiger partial charge in [0.2, 0.25) is 0 Å². The van der Waals surface area contributed by atoms with Crippen LogP contribution in [0.2, 0.25) is 0 Å². The van der Waals surface area contributed by atoms with E-state index in [2.05, 4.69) is 16.7 Å². The van der Waals surface area contributed by atoms with Crippen molar-refractivity contribution in [2.45, 2.75) is 32.1 Å². The number of fused-ring (bicyclic) bond motifs is 1. The molecule has 2 N–H and O–H groups in total. The first-order chi connectivity index (χ1) is 15.7. The molecule has 0 saturated carbocycles. The highest BCUT2D eigenvalue weighted by Crippen LogP contribution is 2.32. The maximum absolute atomic E-state index is 13.1. The van der Waals surface area contributed by atoms with E-state index in [1.54, 1.807) is 26.4 Å². The molecule has 2 aromatic carbocycles. The molecule has 6 nitrogen and oxygen atoms in total. The Morgan fingerprint density at radius 2 is 1.94 bits per heavy atom. The van der Waals surface area contributed by atoms with E-state index in [4.69, 9.17) is 14.5 Å². The summed E-state index contributed by atoms with van der Waals surface area (Å²) < 4.78 is 10.8. The number of carbonyl (C=O) groups is 1. The van der Waals surface area contributed by atoms with Crippen LogP contribution in [0, 0.1) is 0 Å². The number of nitrogens with zero attached hydrogens (tertiary/aromatic N) is 1. The van der Waals surface area contributed by atoms with Crippen LogP contribution in [0.5, 0.6) is 11.5 Å². The van der Waals surface area contributed by atoms with Crippen molar-refractivity contribution in [3.63, 3.8) is 0 Å². The topological polar surface area (TPSA) is 72.5 Å². The van der Waals surface area contributed by atoms with E-state index in [-0.39, 0.29) is 5.91 Å². The lowest BCUT2D eigenvalue weighted by Gasteiger charge is -2.15. The Bertz CT molecular complexity index is 1140. The maximum Gasteiger partial charge on any atom is 0.252 e. The van der Waals surface area contributed by atoms with Gasteiger partial charge < -0.3 is 20.1 Å². The first kappa shape index (κ1) is 21.7. The highest BCUT2D eigenvalue weighted by Gasteiger charge is 2.15. The molecule has 0 saturated heterocycles. The van der Waals surface area contributed by atoms with Gasteiger partial charge in [0.1, 0.15) is 17.3 Å². The van der Waals surface area contributed by atoms with Crippen molar-refractivity contribution in [1.82, 2.24) is 10.3 Å². The Labute approximate surface area is 188 Å². The fourth-order valence-corrected chi connectivity index (χ4v) is 4.03. The number of para-hydroxylation sites is 1. The molecule has 0 radical (unpaired) electrons. The van der Waals surface area contributed by atoms with E-state index < -0.39 is 0 Å². The van der Waals surface area contributed by atoms with E-state index in [0.717, 1.165) is 35.9 Å². The fourth-order valence-electron chi connectivity index (χ4n) is 4.03. The zero-order valence-electron chi connectivity index (χ0n) is 18.6. The second kappa shape index (κ2) is 10.2. The lowest BCUT2D eigenvalue weighted by atomic mass is 9.97. The molecule has 0 fully saturated rings. The first-order valence-corrected chi connectivity index (χ1v) is 11.0. The SMILES string of the molecule is COc1ccc(Nc2cc(C(=O)NCCC3=CCCCC3)c3ccccc3n2)c(OC)c1. The molecule has 166 valence electrons. The molecule has 1 aromatic heterocycles. The summed E-state index contributed by atoms with van der Waals surface area (Å²) in [6, 6.07) is 15.0. The number of hydrogen-bond acceptors (Lipinski definition) is 5. The van der Waals surface area contributed by atoms with E-state index in [0.29, 0.717) is 29.4 Å². The number of amides is 1. The number of ether oxygens (including phenoxy) is 2. The number of allylic oxidation sites excluding steroid dienone is 1. The van der Waals surface area contributed by atoms with Gasteiger partial charge in [-0.05, 0) is 56.4 Å². The molecule has 6 heteroatoms. The lowest BCUT2D eigenvalue weighted by Crippen LogP contribution is -2.25. The normalized spacial score (nSPS) is 13.4. The van der Waals surface area contributed by atoms with Gasteiger partial charge in [-0.3, -0.25) is 4.79 Å². The number of nitrogens with one attached hydrogen (secondary N) is 2. The van der Waals surface area contributed by atoms with Crippen molar-refractivity contribution in [3.8, 4) is 11.5 Å². The minimum Gasteiger partial charge on any atom is -0.497 e. The van der Waals surface area contributed by atoms with Gasteiger partial charge in [-0.25, -0.2) is 4.98 Å². The molecule has 1 aliphatic carbocycles. The smallest absolute Gasteiger partial charge is 0.252 e. The van der Waals surface area contributed by atoms with Gasteiger partial charge in [-0.2, -0.15) is 0 Å². The Morgan fingerprint density at radius 1 is 1.06 bits per heavy atom. The van der Waals surface area contributed by atoms with Crippen LogP contribution in [0.15, 0.2) is 60.2 Å². The Hall–Kier alpha value is -3.54. The van der Waals surface area contributed by atoms with Crippen molar-refractivity contribution in [3.05, 3.63) is 65.7 Å². The molecule has 0 unspecified atom stereocenters. The van der Waals surface area contributed by atoms with Crippen LogP contribution in [0.3, 0.4) is 0 Å². The van der Waals surface area contributed by atoms with Crippen LogP contribution < -0.4 is 20.1 Å². The summed E-state index contributed by atoms with van der Waals surface area (Å²) in [4.78, 5) is 17.8. The number of carbonyl (C=O) groups excluding carboxylic acids is 1. The number of rotatable bonds is 8. The van der Waals surface area contributed by atoms with Crippen LogP contribution in [0.1, 0.15) is 42.5 Å². The van der Waals surface area contributed by atoms with E-state index >= 15 is 0 Å². The van der Waals surface area contributed by atoms with Gasteiger partial charge in [0.15, 0.2) is 0 Å². The zero-order chi connectivity index (χ0) is 22.3. The molecule has 4 rings (SSSR count). The average Bonchev–Trinajstić information content (AvgIpc) is 2.84. The van der Waals surface area contributed by atoms with Crippen molar-refractivity contribution in [2.75, 3.05) is 26.1 Å². The highest BCUT2D eigenvalue weighted by atomic mass is 16.5. The fraction of sp³-hybridized carbons (Fsp3) is 0.308. The predicted molar refractivity (Wildman–Crippen MR) is 128 cm³/mol. The molecule has 1 heterocycles. The molecule has 0 spiro atoms. The van der Waals surface area contributed by atoms with Gasteiger partial charge in [0, 0.05) is 18.0 Å². The van der Waals surface area contributed by atoms with Crippen LogP contribution in [0.25, 0.3) is 10.9 Å². The summed E-state index contributed by atoms with van der Waals surface area (Å²) in [5, 5.41) is 7.21. The average molecular weight is 432 g/mol. The largest absolute Gasteiger partial charge is 0.497 e. The van der Waals surface area contributed by atoms with Gasteiger partial charge in [0.05, 0.1) is 31.0 Å². The Morgan fingerprint density at radius 3 is 2.72 bits per heavy atom. The first-order valence-electron chi connectivity index (χ1n) is 11.0. The van der Waals surface area contributed by atoms with Crippen molar-refractivity contribution in [2.24, 2.45) is 0 Å². The summed E-state index contributed by atoms with van der Waals surface area (Å²) in [5.41, 5.74) is 3.55. The Balaban J connectivity index is 1.57. The van der Waals surface area contributed by atoms with Gasteiger partial charge in [0.25, 0.3) is 5.91 Å². The van der Waals surface area contributed by atoms with Gasteiger partial charge >= 0.3 is 0 Å². The van der Waals surface area contributed by atoms with Gasteiger partial charge in [-0.15, -0.1) is 0 Å². The quantitative estimate of drug-likeness (QED) is 0.453. The summed E-state index contributed by atoms with van der Waals surface area (Å²) in [6.07, 6.45) is 8.05. The summed E-state index contributed by atoms with van der Waals surface area (Å²) in [6.45, 7) is 0.635. The third kappa shape index (κ3) is 5.02. The number of methoxy groups -OCH3 is 2. The van der Waals surface area contributed by atoms with E-state index in [9.17, 15) is 4.79 Å². The van der Waals surface area contributed by atoms with Crippen LogP contribution in [-0.2, 0) is 0 Å². The third-order valence-corrected chi connectivity index (χ3v) is 5.75.